The number of hydrogen-bond donors (Lipinski definition) is 0. The van der Waals surface area contributed by atoms with Gasteiger partial charge in [0, 0.05) is 25.7 Å². The zero-order chi connectivity index (χ0) is 9.68. The van der Waals surface area contributed by atoms with Crippen LogP contribution in [0.1, 0.15) is 26.7 Å². The first-order chi connectivity index (χ1) is 6.25. The van der Waals surface area contributed by atoms with Gasteiger partial charge in [0.15, 0.2) is 5.78 Å². The molecule has 0 saturated carbocycles. The molecule has 0 spiro atoms. The van der Waals surface area contributed by atoms with Crippen LogP contribution in [0.3, 0.4) is 0 Å². The van der Waals surface area contributed by atoms with Gasteiger partial charge in [0.05, 0.1) is 0 Å². The van der Waals surface area contributed by atoms with Gasteiger partial charge in [-0.1, -0.05) is 0 Å². The molecule has 0 aromatic heterocycles. The van der Waals surface area contributed by atoms with Gasteiger partial charge in [-0.05, 0) is 26.7 Å². The highest BCUT2D eigenvalue weighted by atomic mass is 16.5. The first-order valence-corrected chi connectivity index (χ1v) is 4.98. The first-order valence-electron chi connectivity index (χ1n) is 4.98. The van der Waals surface area contributed by atoms with Gasteiger partial charge < -0.3 is 9.47 Å². The van der Waals surface area contributed by atoms with Crippen molar-refractivity contribution in [2.24, 2.45) is 5.92 Å². The molecule has 0 aliphatic carbocycles. The zero-order valence-corrected chi connectivity index (χ0v) is 8.41. The predicted molar refractivity (Wildman–Crippen MR) is 49.6 cm³/mol. The van der Waals surface area contributed by atoms with Crippen LogP contribution in [0.5, 0.6) is 0 Å². The molecule has 0 radical (unpaired) electrons. The second-order valence-electron chi connectivity index (χ2n) is 3.39. The molecule has 13 heavy (non-hydrogen) atoms. The number of ether oxygens (including phenoxy) is 2. The standard InChI is InChI=1S/C10H18O3/c1-3-13-8(2)10(11)9-4-6-12-7-5-9/h8-9H,3-7H2,1-2H3. The third kappa shape index (κ3) is 3.08. The van der Waals surface area contributed by atoms with E-state index in [2.05, 4.69) is 0 Å². The Morgan fingerprint density at radius 2 is 2.15 bits per heavy atom. The quantitative estimate of drug-likeness (QED) is 0.666. The minimum absolute atomic E-state index is 0.162. The van der Waals surface area contributed by atoms with Crippen molar-refractivity contribution in [2.75, 3.05) is 19.8 Å². The summed E-state index contributed by atoms with van der Waals surface area (Å²) in [6.45, 7) is 5.79. The van der Waals surface area contributed by atoms with E-state index in [4.69, 9.17) is 9.47 Å². The van der Waals surface area contributed by atoms with Crippen LogP contribution in [0.15, 0.2) is 0 Å². The van der Waals surface area contributed by atoms with Crippen LogP contribution in [0, 0.1) is 5.92 Å². The van der Waals surface area contributed by atoms with Crippen LogP contribution in [-0.2, 0) is 14.3 Å². The summed E-state index contributed by atoms with van der Waals surface area (Å²) in [5.74, 6) is 0.403. The number of rotatable bonds is 4. The third-order valence-electron chi connectivity index (χ3n) is 2.44. The summed E-state index contributed by atoms with van der Waals surface area (Å²) in [6, 6.07) is 0. The van der Waals surface area contributed by atoms with E-state index in [1.54, 1.807) is 0 Å². The van der Waals surface area contributed by atoms with Gasteiger partial charge in [0.25, 0.3) is 0 Å². The van der Waals surface area contributed by atoms with Gasteiger partial charge in [-0.3, -0.25) is 4.79 Å². The van der Waals surface area contributed by atoms with Gasteiger partial charge in [0.2, 0.25) is 0 Å². The second kappa shape index (κ2) is 5.35. The molecular weight excluding hydrogens is 168 g/mol. The van der Waals surface area contributed by atoms with Crippen molar-refractivity contribution in [1.29, 1.82) is 0 Å². The third-order valence-corrected chi connectivity index (χ3v) is 2.44. The Kier molecular flexibility index (Phi) is 4.39. The molecule has 1 unspecified atom stereocenters. The summed E-state index contributed by atoms with van der Waals surface area (Å²) in [7, 11) is 0. The van der Waals surface area contributed by atoms with Crippen LogP contribution in [0.2, 0.25) is 0 Å². The SMILES string of the molecule is CCOC(C)C(=O)C1CCOCC1. The number of Topliss-reactive ketones (excluding diaryl/α,β-unsaturated/α-hetero) is 1. The number of hydrogen-bond acceptors (Lipinski definition) is 3. The molecule has 0 bridgehead atoms. The minimum Gasteiger partial charge on any atom is -0.381 e. The van der Waals surface area contributed by atoms with Gasteiger partial charge in [-0.15, -0.1) is 0 Å². The fourth-order valence-corrected chi connectivity index (χ4v) is 1.65. The van der Waals surface area contributed by atoms with Crippen LogP contribution < -0.4 is 0 Å². The molecule has 1 heterocycles. The van der Waals surface area contributed by atoms with E-state index in [0.717, 1.165) is 26.1 Å². The number of carbonyl (C=O) groups excluding carboxylic acids is 1. The number of carbonyl (C=O) groups is 1. The molecule has 1 aliphatic heterocycles. The summed E-state index contributed by atoms with van der Waals surface area (Å²) >= 11 is 0. The molecule has 1 aliphatic rings. The van der Waals surface area contributed by atoms with Gasteiger partial charge in [-0.2, -0.15) is 0 Å². The van der Waals surface area contributed by atoms with Gasteiger partial charge in [-0.25, -0.2) is 0 Å². The molecule has 1 fully saturated rings. The average molecular weight is 186 g/mol. The average Bonchev–Trinajstić information content (AvgIpc) is 2.18. The smallest absolute Gasteiger partial charge is 0.164 e. The monoisotopic (exact) mass is 186 g/mol. The van der Waals surface area contributed by atoms with E-state index in [1.807, 2.05) is 13.8 Å². The zero-order valence-electron chi connectivity index (χ0n) is 8.41. The Labute approximate surface area is 79.4 Å². The molecule has 1 rings (SSSR count). The van der Waals surface area contributed by atoms with Crippen LogP contribution in [0.4, 0.5) is 0 Å². The molecule has 76 valence electrons. The first kappa shape index (κ1) is 10.7. The highest BCUT2D eigenvalue weighted by Crippen LogP contribution is 2.18. The van der Waals surface area contributed by atoms with Crippen LogP contribution in [-0.4, -0.2) is 31.7 Å². The molecule has 1 saturated heterocycles. The molecule has 1 atom stereocenters. The Bertz CT molecular complexity index is 162. The van der Waals surface area contributed by atoms with E-state index in [1.165, 1.54) is 0 Å². The molecule has 0 amide bonds. The fraction of sp³-hybridized carbons (Fsp3) is 0.900. The maximum Gasteiger partial charge on any atom is 0.164 e. The molecule has 0 aromatic carbocycles. The lowest BCUT2D eigenvalue weighted by molar-refractivity contribution is -0.136. The van der Waals surface area contributed by atoms with E-state index >= 15 is 0 Å². The van der Waals surface area contributed by atoms with Crippen LogP contribution in [0.25, 0.3) is 0 Å². The molecule has 3 heteroatoms. The number of ketones is 1. The normalized spacial score (nSPS) is 21.4. The highest BCUT2D eigenvalue weighted by molar-refractivity contribution is 5.85. The van der Waals surface area contributed by atoms with Crippen molar-refractivity contribution in [3.8, 4) is 0 Å². The Hall–Kier alpha value is -0.410. The van der Waals surface area contributed by atoms with E-state index in [-0.39, 0.29) is 17.8 Å². The Balaban J connectivity index is 2.36. The van der Waals surface area contributed by atoms with Gasteiger partial charge in [0.1, 0.15) is 6.10 Å². The minimum atomic E-state index is -0.243. The van der Waals surface area contributed by atoms with Crippen molar-refractivity contribution in [3.63, 3.8) is 0 Å². The predicted octanol–water partition coefficient (Wildman–Crippen LogP) is 1.41. The maximum absolute atomic E-state index is 11.7. The van der Waals surface area contributed by atoms with Crippen molar-refractivity contribution < 1.29 is 14.3 Å². The van der Waals surface area contributed by atoms with E-state index in [0.29, 0.717) is 6.61 Å². The van der Waals surface area contributed by atoms with Crippen molar-refractivity contribution >= 4 is 5.78 Å². The molecule has 0 N–H and O–H groups in total. The molecule has 0 aromatic rings. The summed E-state index contributed by atoms with van der Waals surface area (Å²) in [6.07, 6.45) is 1.47. The van der Waals surface area contributed by atoms with E-state index < -0.39 is 0 Å². The fourth-order valence-electron chi connectivity index (χ4n) is 1.65. The van der Waals surface area contributed by atoms with E-state index in [9.17, 15) is 4.79 Å². The van der Waals surface area contributed by atoms with Crippen LogP contribution >= 0.6 is 0 Å². The van der Waals surface area contributed by atoms with Crippen molar-refractivity contribution in [3.05, 3.63) is 0 Å². The maximum atomic E-state index is 11.7. The largest absolute Gasteiger partial charge is 0.381 e. The lowest BCUT2D eigenvalue weighted by Crippen LogP contribution is -2.32. The lowest BCUT2D eigenvalue weighted by atomic mass is 9.93. The summed E-state index contributed by atoms with van der Waals surface area (Å²) in [5.41, 5.74) is 0. The second-order valence-corrected chi connectivity index (χ2v) is 3.39. The van der Waals surface area contributed by atoms with Crippen molar-refractivity contribution in [1.82, 2.24) is 0 Å². The lowest BCUT2D eigenvalue weighted by Gasteiger charge is -2.23. The topological polar surface area (TPSA) is 35.5 Å². The Morgan fingerprint density at radius 3 is 2.69 bits per heavy atom. The van der Waals surface area contributed by atoms with Gasteiger partial charge >= 0.3 is 0 Å². The molecule has 3 nitrogen and oxygen atoms in total. The summed E-state index contributed by atoms with van der Waals surface area (Å²) < 4.78 is 10.5. The highest BCUT2D eigenvalue weighted by Gasteiger charge is 2.25. The summed E-state index contributed by atoms with van der Waals surface area (Å²) in [5, 5.41) is 0. The van der Waals surface area contributed by atoms with Crippen molar-refractivity contribution in [2.45, 2.75) is 32.8 Å². The summed E-state index contributed by atoms with van der Waals surface area (Å²) in [4.78, 5) is 11.7. The molecular formula is C10H18O3. The Morgan fingerprint density at radius 1 is 1.54 bits per heavy atom.